The summed E-state index contributed by atoms with van der Waals surface area (Å²) in [7, 11) is 0. The molecule has 1 saturated heterocycles. The Morgan fingerprint density at radius 2 is 2.11 bits per heavy atom. The van der Waals surface area contributed by atoms with Crippen LogP contribution >= 0.6 is 0 Å². The molecule has 19 heavy (non-hydrogen) atoms. The van der Waals surface area contributed by atoms with Crippen molar-refractivity contribution in [2.75, 3.05) is 6.54 Å². The summed E-state index contributed by atoms with van der Waals surface area (Å²) in [4.78, 5) is 4.28. The summed E-state index contributed by atoms with van der Waals surface area (Å²) in [6.45, 7) is 1.68. The Morgan fingerprint density at radius 3 is 2.89 bits per heavy atom. The molecule has 0 bridgehead atoms. The molecule has 0 spiro atoms. The highest BCUT2D eigenvalue weighted by Crippen LogP contribution is 2.25. The van der Waals surface area contributed by atoms with Crippen LogP contribution in [0.5, 0.6) is 5.75 Å². The summed E-state index contributed by atoms with van der Waals surface area (Å²) in [6.07, 6.45) is 6.13. The fraction of sp³-hybridized carbons (Fsp3) is 0.312. The summed E-state index contributed by atoms with van der Waals surface area (Å²) >= 11 is 0. The number of aromatic nitrogens is 1. The van der Waals surface area contributed by atoms with E-state index in [0.717, 1.165) is 12.3 Å². The molecule has 2 heterocycles. The van der Waals surface area contributed by atoms with E-state index >= 15 is 0 Å². The fourth-order valence-electron chi connectivity index (χ4n) is 2.42. The molecule has 3 rings (SSSR count). The van der Waals surface area contributed by atoms with Crippen molar-refractivity contribution in [3.8, 4) is 5.75 Å². The minimum Gasteiger partial charge on any atom is -0.487 e. The number of pyridine rings is 1. The maximum absolute atomic E-state index is 5.80. The smallest absolute Gasteiger partial charge is 0.138 e. The second kappa shape index (κ2) is 5.85. The van der Waals surface area contributed by atoms with Crippen molar-refractivity contribution in [3.05, 3.63) is 59.9 Å². The molecule has 1 N–H and O–H groups in total. The highest BCUT2D eigenvalue weighted by atomic mass is 16.5. The molecule has 1 fully saturated rings. The first-order chi connectivity index (χ1) is 9.42. The van der Waals surface area contributed by atoms with Crippen LogP contribution in [-0.2, 0) is 6.61 Å². The molecule has 1 unspecified atom stereocenters. The molecular formula is C16H18N2O. The summed E-state index contributed by atoms with van der Waals surface area (Å²) in [6, 6.07) is 12.7. The number of nitrogens with one attached hydrogen (secondary N) is 1. The Balaban J connectivity index is 1.66. The van der Waals surface area contributed by atoms with E-state index < -0.39 is 0 Å². The van der Waals surface area contributed by atoms with E-state index in [2.05, 4.69) is 28.5 Å². The van der Waals surface area contributed by atoms with E-state index in [9.17, 15) is 0 Å². The normalized spacial score (nSPS) is 18.4. The fourth-order valence-corrected chi connectivity index (χ4v) is 2.42. The van der Waals surface area contributed by atoms with Gasteiger partial charge in [-0.25, -0.2) is 0 Å². The van der Waals surface area contributed by atoms with Gasteiger partial charge in [0, 0.05) is 12.2 Å². The lowest BCUT2D eigenvalue weighted by molar-refractivity contribution is 0.304. The summed E-state index contributed by atoms with van der Waals surface area (Å²) in [5.74, 6) is 0.843. The molecule has 1 aliphatic heterocycles. The molecule has 0 radical (unpaired) electrons. The first-order valence-electron chi connectivity index (χ1n) is 6.77. The SMILES string of the molecule is c1ccc(COc2cncc(C3CCCN3)c2)cc1. The van der Waals surface area contributed by atoms with Gasteiger partial charge in [0.25, 0.3) is 0 Å². The average Bonchev–Trinajstić information content (AvgIpc) is 3.01. The Hall–Kier alpha value is -1.87. The van der Waals surface area contributed by atoms with Crippen LogP contribution in [0, 0.1) is 0 Å². The number of hydrogen-bond donors (Lipinski definition) is 1. The lowest BCUT2D eigenvalue weighted by atomic mass is 10.1. The van der Waals surface area contributed by atoms with Crippen LogP contribution in [0.3, 0.4) is 0 Å². The van der Waals surface area contributed by atoms with E-state index in [1.54, 1.807) is 6.20 Å². The van der Waals surface area contributed by atoms with E-state index in [1.807, 2.05) is 24.4 Å². The zero-order valence-electron chi connectivity index (χ0n) is 10.9. The highest BCUT2D eigenvalue weighted by Gasteiger charge is 2.16. The van der Waals surface area contributed by atoms with Crippen molar-refractivity contribution in [2.24, 2.45) is 0 Å². The molecule has 98 valence electrons. The molecule has 0 amide bonds. The number of nitrogens with zero attached hydrogens (tertiary/aromatic N) is 1. The third kappa shape index (κ3) is 3.12. The molecule has 1 aromatic heterocycles. The first-order valence-corrected chi connectivity index (χ1v) is 6.77. The molecule has 3 heteroatoms. The van der Waals surface area contributed by atoms with E-state index in [-0.39, 0.29) is 0 Å². The molecule has 0 aliphatic carbocycles. The number of rotatable bonds is 4. The number of benzene rings is 1. The minimum atomic E-state index is 0.438. The van der Waals surface area contributed by atoms with Crippen LogP contribution in [0.25, 0.3) is 0 Å². The van der Waals surface area contributed by atoms with Gasteiger partial charge in [-0.1, -0.05) is 30.3 Å². The van der Waals surface area contributed by atoms with Gasteiger partial charge in [0.15, 0.2) is 0 Å². The Kier molecular flexibility index (Phi) is 3.75. The van der Waals surface area contributed by atoms with Gasteiger partial charge in [-0.2, -0.15) is 0 Å². The number of ether oxygens (including phenoxy) is 1. The topological polar surface area (TPSA) is 34.1 Å². The molecule has 1 aliphatic rings. The third-order valence-electron chi connectivity index (χ3n) is 3.45. The predicted molar refractivity (Wildman–Crippen MR) is 75.0 cm³/mol. The van der Waals surface area contributed by atoms with E-state index in [0.29, 0.717) is 12.6 Å². The van der Waals surface area contributed by atoms with Gasteiger partial charge >= 0.3 is 0 Å². The van der Waals surface area contributed by atoms with Crippen molar-refractivity contribution in [3.63, 3.8) is 0 Å². The standard InChI is InChI=1S/C16H18N2O/c1-2-5-13(6-3-1)12-19-15-9-14(10-17-11-15)16-7-4-8-18-16/h1-3,5-6,9-11,16,18H,4,7-8,12H2. The van der Waals surface area contributed by atoms with Gasteiger partial charge in [-0.05, 0) is 36.6 Å². The Morgan fingerprint density at radius 1 is 1.21 bits per heavy atom. The predicted octanol–water partition coefficient (Wildman–Crippen LogP) is 3.09. The maximum atomic E-state index is 5.80. The molecular weight excluding hydrogens is 236 g/mol. The van der Waals surface area contributed by atoms with E-state index in [1.165, 1.54) is 24.0 Å². The van der Waals surface area contributed by atoms with Crippen LogP contribution in [0.15, 0.2) is 48.8 Å². The monoisotopic (exact) mass is 254 g/mol. The lowest BCUT2D eigenvalue weighted by Crippen LogP contribution is -2.13. The van der Waals surface area contributed by atoms with Crippen LogP contribution in [-0.4, -0.2) is 11.5 Å². The summed E-state index contributed by atoms with van der Waals surface area (Å²) < 4.78 is 5.80. The number of hydrogen-bond acceptors (Lipinski definition) is 3. The van der Waals surface area contributed by atoms with Crippen molar-refractivity contribution in [2.45, 2.75) is 25.5 Å². The largest absolute Gasteiger partial charge is 0.487 e. The van der Waals surface area contributed by atoms with Gasteiger partial charge < -0.3 is 10.1 Å². The molecule has 2 aromatic rings. The molecule has 3 nitrogen and oxygen atoms in total. The van der Waals surface area contributed by atoms with Gasteiger partial charge in [-0.3, -0.25) is 4.98 Å². The first kappa shape index (κ1) is 12.2. The Labute approximate surface area is 113 Å². The van der Waals surface area contributed by atoms with Gasteiger partial charge in [-0.15, -0.1) is 0 Å². The highest BCUT2D eigenvalue weighted by molar-refractivity contribution is 5.27. The zero-order chi connectivity index (χ0) is 12.9. The third-order valence-corrected chi connectivity index (χ3v) is 3.45. The van der Waals surface area contributed by atoms with Crippen LogP contribution in [0.1, 0.15) is 30.0 Å². The van der Waals surface area contributed by atoms with Gasteiger partial charge in [0.05, 0.1) is 6.20 Å². The van der Waals surface area contributed by atoms with Gasteiger partial charge in [0.1, 0.15) is 12.4 Å². The van der Waals surface area contributed by atoms with Crippen molar-refractivity contribution >= 4 is 0 Å². The molecule has 1 atom stereocenters. The maximum Gasteiger partial charge on any atom is 0.138 e. The van der Waals surface area contributed by atoms with Crippen molar-refractivity contribution < 1.29 is 4.74 Å². The van der Waals surface area contributed by atoms with Crippen molar-refractivity contribution in [1.82, 2.24) is 10.3 Å². The van der Waals surface area contributed by atoms with E-state index in [4.69, 9.17) is 4.74 Å². The lowest BCUT2D eigenvalue weighted by Gasteiger charge is -2.12. The van der Waals surface area contributed by atoms with Crippen LogP contribution in [0.4, 0.5) is 0 Å². The van der Waals surface area contributed by atoms with Gasteiger partial charge in [0.2, 0.25) is 0 Å². The second-order valence-electron chi connectivity index (χ2n) is 4.88. The molecule has 1 aromatic carbocycles. The average molecular weight is 254 g/mol. The Bertz CT molecular complexity index is 521. The summed E-state index contributed by atoms with van der Waals surface area (Å²) in [5, 5.41) is 3.48. The van der Waals surface area contributed by atoms with Crippen molar-refractivity contribution in [1.29, 1.82) is 0 Å². The minimum absolute atomic E-state index is 0.438. The second-order valence-corrected chi connectivity index (χ2v) is 4.88. The van der Waals surface area contributed by atoms with Crippen LogP contribution in [0.2, 0.25) is 0 Å². The summed E-state index contributed by atoms with van der Waals surface area (Å²) in [5.41, 5.74) is 2.40. The van der Waals surface area contributed by atoms with Crippen LogP contribution < -0.4 is 10.1 Å². The quantitative estimate of drug-likeness (QED) is 0.910. The zero-order valence-corrected chi connectivity index (χ0v) is 10.9. The molecule has 0 saturated carbocycles.